The molecule has 1 fully saturated rings. The maximum atomic E-state index is 12.9. The van der Waals surface area contributed by atoms with Gasteiger partial charge in [-0.15, -0.1) is 0 Å². The molecular weight excluding hydrogens is 418 g/mol. The van der Waals surface area contributed by atoms with Crippen LogP contribution < -0.4 is 4.90 Å². The Kier molecular flexibility index (Phi) is 6.27. The second-order valence-electron chi connectivity index (χ2n) is 7.77. The van der Waals surface area contributed by atoms with Crippen LogP contribution in [0.1, 0.15) is 21.7 Å². The van der Waals surface area contributed by atoms with Gasteiger partial charge in [-0.25, -0.2) is 4.79 Å². The maximum Gasteiger partial charge on any atom is 0.335 e. The number of carbonyl (C=O) groups excluding carboxylic acids is 1. The molecule has 7 heteroatoms. The number of para-hydroxylation sites is 1. The number of nitrogens with zero attached hydrogens (tertiary/aromatic N) is 3. The molecule has 1 saturated heterocycles. The van der Waals surface area contributed by atoms with Crippen LogP contribution in [0.2, 0.25) is 0 Å². The first-order chi connectivity index (χ1) is 16.0. The Morgan fingerprint density at radius 1 is 1.00 bits per heavy atom. The molecule has 2 heterocycles. The summed E-state index contributed by atoms with van der Waals surface area (Å²) in [4.78, 5) is 28.2. The lowest BCUT2D eigenvalue weighted by molar-refractivity contribution is -0.126. The minimum absolute atomic E-state index is 0.0000646. The van der Waals surface area contributed by atoms with Crippen LogP contribution in [0, 0.1) is 18.3 Å². The van der Waals surface area contributed by atoms with Crippen LogP contribution in [0.25, 0.3) is 17.4 Å². The number of amides is 1. The van der Waals surface area contributed by atoms with Crippen molar-refractivity contribution in [3.63, 3.8) is 0 Å². The number of carboxylic acids is 1. The zero-order chi connectivity index (χ0) is 23.4. The van der Waals surface area contributed by atoms with E-state index in [1.807, 2.05) is 36.4 Å². The number of rotatable bonds is 5. The number of furan rings is 1. The van der Waals surface area contributed by atoms with Gasteiger partial charge in [0.25, 0.3) is 5.91 Å². The van der Waals surface area contributed by atoms with Crippen LogP contribution in [-0.2, 0) is 4.79 Å². The highest BCUT2D eigenvalue weighted by molar-refractivity contribution is 6.01. The molecule has 1 aliphatic heterocycles. The van der Waals surface area contributed by atoms with Crippen LogP contribution in [0.3, 0.4) is 0 Å². The van der Waals surface area contributed by atoms with Gasteiger partial charge in [-0.05, 0) is 42.8 Å². The number of nitriles is 1. The van der Waals surface area contributed by atoms with Gasteiger partial charge in [-0.2, -0.15) is 5.26 Å². The van der Waals surface area contributed by atoms with E-state index in [9.17, 15) is 20.0 Å². The van der Waals surface area contributed by atoms with Crippen molar-refractivity contribution in [3.05, 3.63) is 83.1 Å². The fourth-order valence-electron chi connectivity index (χ4n) is 3.97. The number of hydrogen-bond acceptors (Lipinski definition) is 5. The van der Waals surface area contributed by atoms with Crippen LogP contribution in [0.15, 0.2) is 70.7 Å². The number of piperazine rings is 1. The third-order valence-corrected chi connectivity index (χ3v) is 5.78. The minimum atomic E-state index is -1.01. The second kappa shape index (κ2) is 9.45. The molecule has 4 rings (SSSR count). The Morgan fingerprint density at radius 3 is 2.39 bits per heavy atom. The third-order valence-electron chi connectivity index (χ3n) is 5.78. The van der Waals surface area contributed by atoms with Crippen molar-refractivity contribution in [2.75, 3.05) is 31.1 Å². The number of aromatic carboxylic acids is 1. The molecule has 0 aliphatic carbocycles. The molecule has 1 aromatic heterocycles. The van der Waals surface area contributed by atoms with Crippen LogP contribution in [0.5, 0.6) is 0 Å². The van der Waals surface area contributed by atoms with Crippen molar-refractivity contribution in [1.82, 2.24) is 4.90 Å². The molecule has 1 amide bonds. The van der Waals surface area contributed by atoms with E-state index in [0.29, 0.717) is 48.8 Å². The summed E-state index contributed by atoms with van der Waals surface area (Å²) in [5, 5.41) is 18.9. The largest absolute Gasteiger partial charge is 0.478 e. The number of anilines is 1. The standard InChI is InChI=1S/C26H23N3O4/c1-18-22(8-5-9-23(18)26(31)32)24-11-10-21(33-24)16-19(17-27)25(30)29-14-12-28(13-15-29)20-6-3-2-4-7-20/h2-11,16H,12-15H2,1H3,(H,31,32)/b19-16-. The van der Waals surface area contributed by atoms with E-state index in [4.69, 9.17) is 4.42 Å². The van der Waals surface area contributed by atoms with Gasteiger partial charge in [0.05, 0.1) is 5.56 Å². The van der Waals surface area contributed by atoms with E-state index in [1.165, 1.54) is 12.1 Å². The molecule has 0 atom stereocenters. The predicted molar refractivity (Wildman–Crippen MR) is 125 cm³/mol. The Bertz CT molecular complexity index is 1250. The van der Waals surface area contributed by atoms with Gasteiger partial charge in [-0.3, -0.25) is 4.79 Å². The van der Waals surface area contributed by atoms with E-state index in [2.05, 4.69) is 4.90 Å². The number of hydrogen-bond donors (Lipinski definition) is 1. The first-order valence-corrected chi connectivity index (χ1v) is 10.6. The molecule has 1 N–H and O–H groups in total. The molecule has 2 aromatic carbocycles. The lowest BCUT2D eigenvalue weighted by Crippen LogP contribution is -2.49. The average Bonchev–Trinajstić information content (AvgIpc) is 3.31. The second-order valence-corrected chi connectivity index (χ2v) is 7.77. The number of carbonyl (C=O) groups is 2. The summed E-state index contributed by atoms with van der Waals surface area (Å²) in [6.07, 6.45) is 1.44. The summed E-state index contributed by atoms with van der Waals surface area (Å²) in [5.74, 6) is -0.501. The first kappa shape index (κ1) is 21.9. The Morgan fingerprint density at radius 2 is 1.73 bits per heavy atom. The summed E-state index contributed by atoms with van der Waals surface area (Å²) in [5.41, 5.74) is 2.55. The van der Waals surface area contributed by atoms with E-state index >= 15 is 0 Å². The normalized spacial score (nSPS) is 14.1. The topological polar surface area (TPSA) is 97.8 Å². The molecule has 3 aromatic rings. The fraction of sp³-hybridized carbons (Fsp3) is 0.192. The molecule has 1 aliphatic rings. The van der Waals surface area contributed by atoms with Crippen molar-refractivity contribution in [1.29, 1.82) is 5.26 Å². The smallest absolute Gasteiger partial charge is 0.335 e. The molecule has 0 radical (unpaired) electrons. The zero-order valence-corrected chi connectivity index (χ0v) is 18.2. The van der Waals surface area contributed by atoms with Gasteiger partial charge in [0, 0.05) is 43.5 Å². The summed E-state index contributed by atoms with van der Waals surface area (Å²) in [6.45, 7) is 4.15. The summed E-state index contributed by atoms with van der Waals surface area (Å²) < 4.78 is 5.83. The Hall–Kier alpha value is -4.31. The lowest BCUT2D eigenvalue weighted by Gasteiger charge is -2.36. The summed E-state index contributed by atoms with van der Waals surface area (Å²) in [6, 6.07) is 20.4. The van der Waals surface area contributed by atoms with Gasteiger partial charge >= 0.3 is 5.97 Å². The van der Waals surface area contributed by atoms with Gasteiger partial charge in [0.15, 0.2) is 0 Å². The van der Waals surface area contributed by atoms with Crippen molar-refractivity contribution in [3.8, 4) is 17.4 Å². The van der Waals surface area contributed by atoms with Crippen LogP contribution in [0.4, 0.5) is 5.69 Å². The molecule has 0 saturated carbocycles. The Balaban J connectivity index is 1.48. The van der Waals surface area contributed by atoms with Gasteiger partial charge in [0.1, 0.15) is 23.2 Å². The quantitative estimate of drug-likeness (QED) is 0.471. The van der Waals surface area contributed by atoms with Crippen LogP contribution in [-0.4, -0.2) is 48.1 Å². The molecular formula is C26H23N3O4. The van der Waals surface area contributed by atoms with Crippen molar-refractivity contribution in [2.45, 2.75) is 6.92 Å². The lowest BCUT2D eigenvalue weighted by atomic mass is 10.0. The predicted octanol–water partition coefficient (Wildman–Crippen LogP) is 4.21. The van der Waals surface area contributed by atoms with E-state index in [0.717, 1.165) is 5.69 Å². The molecule has 33 heavy (non-hydrogen) atoms. The van der Waals surface area contributed by atoms with Crippen molar-refractivity contribution in [2.24, 2.45) is 0 Å². The van der Waals surface area contributed by atoms with E-state index in [1.54, 1.807) is 36.1 Å². The highest BCUT2D eigenvalue weighted by atomic mass is 16.4. The SMILES string of the molecule is Cc1c(C(=O)O)cccc1-c1ccc(/C=C(/C#N)C(=O)N2CCN(c3ccccc3)CC2)o1. The van der Waals surface area contributed by atoms with Crippen LogP contribution >= 0.6 is 0 Å². The highest BCUT2D eigenvalue weighted by Crippen LogP contribution is 2.28. The summed E-state index contributed by atoms with van der Waals surface area (Å²) in [7, 11) is 0. The highest BCUT2D eigenvalue weighted by Gasteiger charge is 2.24. The van der Waals surface area contributed by atoms with Gasteiger partial charge < -0.3 is 19.3 Å². The number of carboxylic acid groups (broad SMARTS) is 1. The maximum absolute atomic E-state index is 12.9. The summed E-state index contributed by atoms with van der Waals surface area (Å²) >= 11 is 0. The monoisotopic (exact) mass is 441 g/mol. The molecule has 166 valence electrons. The Labute approximate surface area is 191 Å². The van der Waals surface area contributed by atoms with Crippen molar-refractivity contribution >= 4 is 23.6 Å². The van der Waals surface area contributed by atoms with E-state index < -0.39 is 5.97 Å². The molecule has 7 nitrogen and oxygen atoms in total. The van der Waals surface area contributed by atoms with Gasteiger partial charge in [0.2, 0.25) is 0 Å². The molecule has 0 bridgehead atoms. The van der Waals surface area contributed by atoms with E-state index in [-0.39, 0.29) is 17.0 Å². The first-order valence-electron chi connectivity index (χ1n) is 10.6. The average molecular weight is 441 g/mol. The third kappa shape index (κ3) is 4.65. The zero-order valence-electron chi connectivity index (χ0n) is 18.2. The van der Waals surface area contributed by atoms with Gasteiger partial charge in [-0.1, -0.05) is 30.3 Å². The molecule has 0 unspecified atom stereocenters. The number of benzene rings is 2. The fourth-order valence-corrected chi connectivity index (χ4v) is 3.97. The minimum Gasteiger partial charge on any atom is -0.478 e. The van der Waals surface area contributed by atoms with Crippen molar-refractivity contribution < 1.29 is 19.1 Å². The molecule has 0 spiro atoms.